The lowest BCUT2D eigenvalue weighted by atomic mass is 10.1. The van der Waals surface area contributed by atoms with E-state index in [0.29, 0.717) is 6.04 Å². The number of nitrogens with zero attached hydrogens (tertiary/aromatic N) is 1. The highest BCUT2D eigenvalue weighted by Crippen LogP contribution is 2.08. The Hall–Kier alpha value is -0.340. The molecule has 2 heteroatoms. The monoisotopic (exact) mass is 196 g/mol. The summed E-state index contributed by atoms with van der Waals surface area (Å²) in [5.74, 6) is 0.747. The van der Waals surface area contributed by atoms with E-state index in [-0.39, 0.29) is 0 Å². The fourth-order valence-electron chi connectivity index (χ4n) is 2.15. The molecule has 2 nitrogen and oxygen atoms in total. The van der Waals surface area contributed by atoms with E-state index in [1.54, 1.807) is 0 Å². The maximum Gasteiger partial charge on any atom is 0.0195 e. The highest BCUT2D eigenvalue weighted by molar-refractivity contribution is 4.81. The van der Waals surface area contributed by atoms with Crippen LogP contribution in [0, 0.1) is 5.92 Å². The normalized spacial score (nSPS) is 22.1. The van der Waals surface area contributed by atoms with Crippen LogP contribution in [0.3, 0.4) is 0 Å². The molecule has 1 N–H and O–H groups in total. The summed E-state index contributed by atoms with van der Waals surface area (Å²) in [6, 6.07) is 0.716. The summed E-state index contributed by atoms with van der Waals surface area (Å²) >= 11 is 0. The van der Waals surface area contributed by atoms with Gasteiger partial charge in [0.05, 0.1) is 0 Å². The lowest BCUT2D eigenvalue weighted by Gasteiger charge is -2.25. The first kappa shape index (κ1) is 11.7. The van der Waals surface area contributed by atoms with Gasteiger partial charge in [0.15, 0.2) is 0 Å². The van der Waals surface area contributed by atoms with Crippen molar-refractivity contribution in [2.45, 2.75) is 32.7 Å². The van der Waals surface area contributed by atoms with E-state index in [1.165, 1.54) is 32.5 Å². The third kappa shape index (κ3) is 4.25. The molecule has 1 aliphatic rings. The first-order valence-electron chi connectivity index (χ1n) is 5.79. The van der Waals surface area contributed by atoms with Crippen LogP contribution in [0.15, 0.2) is 12.7 Å². The Morgan fingerprint density at radius 3 is 2.86 bits per heavy atom. The minimum absolute atomic E-state index is 0.716. The second kappa shape index (κ2) is 6.20. The van der Waals surface area contributed by atoms with Crippen molar-refractivity contribution in [2.24, 2.45) is 5.92 Å². The van der Waals surface area contributed by atoms with E-state index in [1.807, 2.05) is 6.08 Å². The van der Waals surface area contributed by atoms with Crippen LogP contribution in [0.1, 0.15) is 26.7 Å². The molecular weight excluding hydrogens is 172 g/mol. The molecule has 1 heterocycles. The molecule has 1 rings (SSSR count). The van der Waals surface area contributed by atoms with Crippen molar-refractivity contribution in [3.63, 3.8) is 0 Å². The Morgan fingerprint density at radius 2 is 2.36 bits per heavy atom. The van der Waals surface area contributed by atoms with E-state index in [4.69, 9.17) is 0 Å². The lowest BCUT2D eigenvalue weighted by Crippen LogP contribution is -2.39. The van der Waals surface area contributed by atoms with Crippen molar-refractivity contribution in [1.29, 1.82) is 0 Å². The van der Waals surface area contributed by atoms with Crippen LogP contribution in [0.25, 0.3) is 0 Å². The van der Waals surface area contributed by atoms with Crippen molar-refractivity contribution in [3.05, 3.63) is 12.7 Å². The van der Waals surface area contributed by atoms with Crippen molar-refractivity contribution in [3.8, 4) is 0 Å². The minimum Gasteiger partial charge on any atom is -0.313 e. The van der Waals surface area contributed by atoms with Gasteiger partial charge >= 0.3 is 0 Å². The van der Waals surface area contributed by atoms with Gasteiger partial charge in [-0.15, -0.1) is 6.58 Å². The number of nitrogens with one attached hydrogen (secondary N) is 1. The first-order chi connectivity index (χ1) is 6.72. The predicted octanol–water partition coefficient (Wildman–Crippen LogP) is 1.88. The predicted molar refractivity (Wildman–Crippen MR) is 62.5 cm³/mol. The number of hydrogen-bond acceptors (Lipinski definition) is 2. The molecule has 1 atom stereocenters. The van der Waals surface area contributed by atoms with Crippen molar-refractivity contribution in [2.75, 3.05) is 26.2 Å². The van der Waals surface area contributed by atoms with Crippen molar-refractivity contribution in [1.82, 2.24) is 10.2 Å². The molecule has 1 unspecified atom stereocenters. The second-order valence-electron chi connectivity index (χ2n) is 4.69. The van der Waals surface area contributed by atoms with Gasteiger partial charge in [0.2, 0.25) is 0 Å². The van der Waals surface area contributed by atoms with Gasteiger partial charge in [-0.1, -0.05) is 19.9 Å². The van der Waals surface area contributed by atoms with Gasteiger partial charge in [-0.05, 0) is 25.3 Å². The Balaban J connectivity index is 2.29. The molecule has 1 aliphatic heterocycles. The molecule has 82 valence electrons. The molecule has 0 spiro atoms. The molecular formula is C12H24N2. The molecule has 1 saturated heterocycles. The standard InChI is InChI=1S/C12H24N2/c1-4-8-14(9-11(2)3)10-12-6-5-7-13-12/h4,11-13H,1,5-10H2,2-3H3. The molecule has 0 aliphatic carbocycles. The molecule has 0 amide bonds. The molecule has 0 aromatic rings. The SMILES string of the molecule is C=CCN(CC(C)C)CC1CCCN1. The molecule has 1 fully saturated rings. The van der Waals surface area contributed by atoms with E-state index in [9.17, 15) is 0 Å². The van der Waals surface area contributed by atoms with Crippen molar-refractivity contribution >= 4 is 0 Å². The van der Waals surface area contributed by atoms with E-state index >= 15 is 0 Å². The number of rotatable bonds is 6. The summed E-state index contributed by atoms with van der Waals surface area (Å²) in [4.78, 5) is 2.50. The lowest BCUT2D eigenvalue weighted by molar-refractivity contribution is 0.246. The Bertz CT molecular complexity index is 160. The van der Waals surface area contributed by atoms with E-state index in [2.05, 4.69) is 30.6 Å². The van der Waals surface area contributed by atoms with Crippen LogP contribution in [0.4, 0.5) is 0 Å². The number of hydrogen-bond donors (Lipinski definition) is 1. The Kier molecular flexibility index (Phi) is 5.20. The molecule has 0 aromatic carbocycles. The average Bonchev–Trinajstić information content (AvgIpc) is 2.56. The van der Waals surface area contributed by atoms with E-state index in [0.717, 1.165) is 12.5 Å². The summed E-state index contributed by atoms with van der Waals surface area (Å²) in [6.45, 7) is 13.0. The topological polar surface area (TPSA) is 15.3 Å². The maximum absolute atomic E-state index is 3.82. The summed E-state index contributed by atoms with van der Waals surface area (Å²) < 4.78 is 0. The van der Waals surface area contributed by atoms with Gasteiger partial charge in [0.1, 0.15) is 0 Å². The van der Waals surface area contributed by atoms with Crippen molar-refractivity contribution < 1.29 is 0 Å². The fourth-order valence-corrected chi connectivity index (χ4v) is 2.15. The summed E-state index contributed by atoms with van der Waals surface area (Å²) in [5.41, 5.74) is 0. The average molecular weight is 196 g/mol. The molecule has 0 aromatic heterocycles. The van der Waals surface area contributed by atoms with Crippen LogP contribution in [0.2, 0.25) is 0 Å². The van der Waals surface area contributed by atoms with Crippen LogP contribution in [-0.2, 0) is 0 Å². The third-order valence-corrected chi connectivity index (χ3v) is 2.65. The highest BCUT2D eigenvalue weighted by Gasteiger charge is 2.17. The largest absolute Gasteiger partial charge is 0.313 e. The zero-order valence-corrected chi connectivity index (χ0v) is 9.63. The first-order valence-corrected chi connectivity index (χ1v) is 5.79. The van der Waals surface area contributed by atoms with Gasteiger partial charge in [0, 0.05) is 25.7 Å². The zero-order valence-electron chi connectivity index (χ0n) is 9.63. The summed E-state index contributed by atoms with van der Waals surface area (Å²) in [6.07, 6.45) is 4.69. The smallest absolute Gasteiger partial charge is 0.0195 e. The quantitative estimate of drug-likeness (QED) is 0.653. The van der Waals surface area contributed by atoms with E-state index < -0.39 is 0 Å². The van der Waals surface area contributed by atoms with Gasteiger partial charge < -0.3 is 5.32 Å². The molecule has 0 radical (unpaired) electrons. The maximum atomic E-state index is 3.82. The van der Waals surface area contributed by atoms with Crippen LogP contribution >= 0.6 is 0 Å². The third-order valence-electron chi connectivity index (χ3n) is 2.65. The Morgan fingerprint density at radius 1 is 1.57 bits per heavy atom. The van der Waals surface area contributed by atoms with Crippen LogP contribution < -0.4 is 5.32 Å². The second-order valence-corrected chi connectivity index (χ2v) is 4.69. The summed E-state index contributed by atoms with van der Waals surface area (Å²) in [5, 5.41) is 3.54. The Labute approximate surface area is 88.4 Å². The summed E-state index contributed by atoms with van der Waals surface area (Å²) in [7, 11) is 0. The van der Waals surface area contributed by atoms with Gasteiger partial charge in [-0.25, -0.2) is 0 Å². The van der Waals surface area contributed by atoms with Gasteiger partial charge in [-0.2, -0.15) is 0 Å². The molecule has 0 saturated carbocycles. The van der Waals surface area contributed by atoms with Gasteiger partial charge in [0.25, 0.3) is 0 Å². The minimum atomic E-state index is 0.716. The highest BCUT2D eigenvalue weighted by atomic mass is 15.1. The van der Waals surface area contributed by atoms with Crippen LogP contribution in [0.5, 0.6) is 0 Å². The van der Waals surface area contributed by atoms with Crippen LogP contribution in [-0.4, -0.2) is 37.1 Å². The van der Waals surface area contributed by atoms with Gasteiger partial charge in [-0.3, -0.25) is 4.90 Å². The fraction of sp³-hybridized carbons (Fsp3) is 0.833. The molecule has 0 bridgehead atoms. The zero-order chi connectivity index (χ0) is 10.4. The molecule has 14 heavy (non-hydrogen) atoms.